The van der Waals surface area contributed by atoms with Gasteiger partial charge in [-0.25, -0.2) is 14.6 Å². The van der Waals surface area contributed by atoms with Gasteiger partial charge in [-0.15, -0.1) is 0 Å². The van der Waals surface area contributed by atoms with E-state index in [0.29, 0.717) is 18.5 Å². The van der Waals surface area contributed by atoms with Gasteiger partial charge in [0.25, 0.3) is 23.6 Å². The number of aromatic carboxylic acids is 1. The Labute approximate surface area is 223 Å². The molecule has 8 heteroatoms. The van der Waals surface area contributed by atoms with Gasteiger partial charge in [-0.2, -0.15) is 0 Å². The van der Waals surface area contributed by atoms with Gasteiger partial charge >= 0.3 is 5.97 Å². The standard InChI is InChI=1S/C31H22N2O6/c1-3-16-7-5-8-17(4-2)26(16)33-29(36)22-13-11-20-24-21(12-14-23(25(22)24)30(33)37)28(35)32(27(20)34)19-10-6-9-18(15-19)31(38)39/h5-15H,3-4H2,1-2H3,(H,38,39). The summed E-state index contributed by atoms with van der Waals surface area (Å²) in [6, 6.07) is 17.3. The number of anilines is 2. The van der Waals surface area contributed by atoms with E-state index in [9.17, 15) is 29.1 Å². The van der Waals surface area contributed by atoms with Crippen molar-refractivity contribution < 1.29 is 29.1 Å². The fourth-order valence-corrected chi connectivity index (χ4v) is 5.59. The number of amides is 4. The largest absolute Gasteiger partial charge is 0.478 e. The molecule has 2 heterocycles. The first-order valence-electron chi connectivity index (χ1n) is 12.6. The van der Waals surface area contributed by atoms with Gasteiger partial charge < -0.3 is 5.11 Å². The summed E-state index contributed by atoms with van der Waals surface area (Å²) in [6.07, 6.45) is 1.25. The van der Waals surface area contributed by atoms with Gasteiger partial charge in [-0.1, -0.05) is 38.1 Å². The minimum atomic E-state index is -1.19. The Kier molecular flexibility index (Phi) is 5.43. The molecule has 6 rings (SSSR count). The van der Waals surface area contributed by atoms with Crippen LogP contribution in [0.4, 0.5) is 11.4 Å². The maximum absolute atomic E-state index is 13.9. The SMILES string of the molecule is CCc1cccc(CC)c1N1C(=O)c2ccc3c4c(ccc(c24)C1=O)C(=O)N(c1cccc(C(=O)O)c1)C3=O. The number of carboxylic acid groups (broad SMARTS) is 1. The molecule has 0 radical (unpaired) electrons. The Balaban J connectivity index is 1.55. The number of hydrogen-bond acceptors (Lipinski definition) is 5. The van der Waals surface area contributed by atoms with E-state index < -0.39 is 29.6 Å². The first-order valence-corrected chi connectivity index (χ1v) is 12.6. The van der Waals surface area contributed by atoms with Crippen LogP contribution in [0.3, 0.4) is 0 Å². The number of benzene rings is 4. The fourth-order valence-electron chi connectivity index (χ4n) is 5.59. The summed E-state index contributed by atoms with van der Waals surface area (Å²) in [5, 5.41) is 9.92. The molecule has 4 aromatic carbocycles. The Bertz CT molecular complexity index is 1710. The summed E-state index contributed by atoms with van der Waals surface area (Å²) in [5.41, 5.74) is 3.15. The van der Waals surface area contributed by atoms with Crippen LogP contribution in [0.2, 0.25) is 0 Å². The van der Waals surface area contributed by atoms with E-state index in [-0.39, 0.29) is 44.3 Å². The number of hydrogen-bond donors (Lipinski definition) is 1. The number of aryl methyl sites for hydroxylation is 2. The van der Waals surface area contributed by atoms with Crippen molar-refractivity contribution >= 4 is 51.7 Å². The van der Waals surface area contributed by atoms with Gasteiger partial charge in [0.15, 0.2) is 0 Å². The molecule has 8 nitrogen and oxygen atoms in total. The predicted molar refractivity (Wildman–Crippen MR) is 145 cm³/mol. The number of carbonyl (C=O) groups is 5. The van der Waals surface area contributed by atoms with Gasteiger partial charge in [0.05, 0.1) is 16.9 Å². The van der Waals surface area contributed by atoms with Crippen molar-refractivity contribution in [3.63, 3.8) is 0 Å². The van der Waals surface area contributed by atoms with Gasteiger partial charge in [0.2, 0.25) is 0 Å². The normalized spacial score (nSPS) is 14.4. The second-order valence-electron chi connectivity index (χ2n) is 9.45. The zero-order valence-corrected chi connectivity index (χ0v) is 21.1. The number of rotatable bonds is 5. The highest BCUT2D eigenvalue weighted by Crippen LogP contribution is 2.41. The van der Waals surface area contributed by atoms with Crippen molar-refractivity contribution in [3.8, 4) is 0 Å². The Morgan fingerprint density at radius 2 is 1.08 bits per heavy atom. The molecule has 0 aromatic heterocycles. The maximum Gasteiger partial charge on any atom is 0.335 e. The van der Waals surface area contributed by atoms with E-state index in [0.717, 1.165) is 16.0 Å². The van der Waals surface area contributed by atoms with Crippen molar-refractivity contribution in [2.75, 3.05) is 9.80 Å². The van der Waals surface area contributed by atoms with Crippen LogP contribution in [-0.4, -0.2) is 34.7 Å². The molecule has 0 bridgehead atoms. The molecule has 0 spiro atoms. The number of imide groups is 2. The summed E-state index contributed by atoms with van der Waals surface area (Å²) in [7, 11) is 0. The Hall–Kier alpha value is -5.11. The molecule has 39 heavy (non-hydrogen) atoms. The van der Waals surface area contributed by atoms with Crippen LogP contribution in [0.5, 0.6) is 0 Å². The summed E-state index contributed by atoms with van der Waals surface area (Å²) in [6.45, 7) is 3.93. The third-order valence-corrected chi connectivity index (χ3v) is 7.43. The van der Waals surface area contributed by atoms with Crippen LogP contribution >= 0.6 is 0 Å². The lowest BCUT2D eigenvalue weighted by Crippen LogP contribution is -2.44. The molecule has 0 fully saturated rings. The lowest BCUT2D eigenvalue weighted by atomic mass is 9.85. The van der Waals surface area contributed by atoms with E-state index in [1.165, 1.54) is 53.4 Å². The van der Waals surface area contributed by atoms with Crippen molar-refractivity contribution in [2.45, 2.75) is 26.7 Å². The zero-order chi connectivity index (χ0) is 27.6. The van der Waals surface area contributed by atoms with Crippen LogP contribution in [-0.2, 0) is 12.8 Å². The molecule has 4 amide bonds. The molecular weight excluding hydrogens is 496 g/mol. The van der Waals surface area contributed by atoms with Crippen LogP contribution in [0.1, 0.15) is 76.8 Å². The van der Waals surface area contributed by atoms with E-state index >= 15 is 0 Å². The molecule has 4 aromatic rings. The summed E-state index contributed by atoms with van der Waals surface area (Å²) in [4.78, 5) is 68.7. The van der Waals surface area contributed by atoms with Crippen molar-refractivity contribution in [1.82, 2.24) is 0 Å². The van der Waals surface area contributed by atoms with E-state index in [2.05, 4.69) is 0 Å². The van der Waals surface area contributed by atoms with Crippen LogP contribution in [0, 0.1) is 0 Å². The third kappa shape index (κ3) is 3.34. The van der Waals surface area contributed by atoms with Gasteiger partial charge in [0, 0.05) is 33.0 Å². The predicted octanol–water partition coefficient (Wildman–Crippen LogP) is 5.26. The van der Waals surface area contributed by atoms with E-state index in [1.54, 1.807) is 0 Å². The summed E-state index contributed by atoms with van der Waals surface area (Å²) in [5.74, 6) is -3.53. The van der Waals surface area contributed by atoms with Gasteiger partial charge in [-0.05, 0) is 66.4 Å². The molecule has 0 atom stereocenters. The molecule has 192 valence electrons. The van der Waals surface area contributed by atoms with E-state index in [4.69, 9.17) is 0 Å². The van der Waals surface area contributed by atoms with E-state index in [1.807, 2.05) is 32.0 Å². The first-order chi connectivity index (χ1) is 18.8. The fraction of sp³-hybridized carbons (Fsp3) is 0.129. The topological polar surface area (TPSA) is 112 Å². The average molecular weight is 519 g/mol. The molecule has 0 saturated carbocycles. The minimum absolute atomic E-state index is 0.0702. The highest BCUT2D eigenvalue weighted by atomic mass is 16.4. The molecule has 2 aliphatic heterocycles. The lowest BCUT2D eigenvalue weighted by Gasteiger charge is -2.33. The van der Waals surface area contributed by atoms with Crippen LogP contribution < -0.4 is 9.80 Å². The molecular formula is C31H22N2O6. The highest BCUT2D eigenvalue weighted by molar-refractivity contribution is 6.42. The minimum Gasteiger partial charge on any atom is -0.478 e. The lowest BCUT2D eigenvalue weighted by molar-refractivity contribution is 0.0694. The van der Waals surface area contributed by atoms with Crippen molar-refractivity contribution in [2.24, 2.45) is 0 Å². The second-order valence-corrected chi connectivity index (χ2v) is 9.45. The number of carboxylic acids is 1. The van der Waals surface area contributed by atoms with Crippen molar-refractivity contribution in [3.05, 3.63) is 106 Å². The summed E-state index contributed by atoms with van der Waals surface area (Å²) >= 11 is 0. The Morgan fingerprint density at radius 3 is 1.51 bits per heavy atom. The number of carbonyl (C=O) groups excluding carboxylic acids is 4. The first kappa shape index (κ1) is 24.2. The molecule has 0 saturated heterocycles. The third-order valence-electron chi connectivity index (χ3n) is 7.43. The van der Waals surface area contributed by atoms with Gasteiger partial charge in [-0.3, -0.25) is 19.2 Å². The zero-order valence-electron chi connectivity index (χ0n) is 21.1. The molecule has 2 aliphatic rings. The molecule has 0 aliphatic carbocycles. The van der Waals surface area contributed by atoms with Gasteiger partial charge in [0.1, 0.15) is 0 Å². The average Bonchev–Trinajstić information content (AvgIpc) is 2.95. The smallest absolute Gasteiger partial charge is 0.335 e. The monoisotopic (exact) mass is 518 g/mol. The summed E-state index contributed by atoms with van der Waals surface area (Å²) < 4.78 is 0. The molecule has 1 N–H and O–H groups in total. The maximum atomic E-state index is 13.9. The van der Waals surface area contributed by atoms with Crippen molar-refractivity contribution in [1.29, 1.82) is 0 Å². The second kappa shape index (κ2) is 8.73. The molecule has 0 unspecified atom stereocenters. The highest BCUT2D eigenvalue weighted by Gasteiger charge is 2.41. The van der Waals surface area contributed by atoms with Crippen LogP contribution in [0.25, 0.3) is 10.8 Å². The number of nitrogens with zero attached hydrogens (tertiary/aromatic N) is 2. The Morgan fingerprint density at radius 1 is 0.641 bits per heavy atom. The quantitative estimate of drug-likeness (QED) is 0.361. The van der Waals surface area contributed by atoms with Crippen LogP contribution in [0.15, 0.2) is 66.7 Å². The number of para-hydroxylation sites is 1.